The van der Waals surface area contributed by atoms with E-state index in [-0.39, 0.29) is 17.5 Å². The predicted molar refractivity (Wildman–Crippen MR) is 124 cm³/mol. The molecular weight excluding hydrogens is 438 g/mol. The second-order valence-electron chi connectivity index (χ2n) is 8.73. The fourth-order valence-corrected chi connectivity index (χ4v) is 4.82. The zero-order valence-corrected chi connectivity index (χ0v) is 18.7. The third kappa shape index (κ3) is 4.14. The van der Waals surface area contributed by atoms with Crippen molar-refractivity contribution in [1.29, 1.82) is 0 Å². The topological polar surface area (TPSA) is 58.6 Å². The minimum absolute atomic E-state index is 0.0546. The number of anilines is 1. The first-order valence-electron chi connectivity index (χ1n) is 11.3. The van der Waals surface area contributed by atoms with Gasteiger partial charge in [0.1, 0.15) is 17.4 Å². The summed E-state index contributed by atoms with van der Waals surface area (Å²) in [4.78, 5) is 27.7. The van der Waals surface area contributed by atoms with Crippen LogP contribution in [0.3, 0.4) is 0 Å². The van der Waals surface area contributed by atoms with Gasteiger partial charge in [-0.1, -0.05) is 24.3 Å². The number of rotatable bonds is 3. The van der Waals surface area contributed by atoms with Crippen LogP contribution in [-0.4, -0.2) is 22.8 Å². The number of carbonyl (C=O) groups is 2. The van der Waals surface area contributed by atoms with Crippen LogP contribution in [0.5, 0.6) is 5.75 Å². The number of hydrogen-bond donors (Lipinski definition) is 1. The van der Waals surface area contributed by atoms with Gasteiger partial charge in [0.2, 0.25) is 0 Å². The lowest BCUT2D eigenvalue weighted by atomic mass is 9.86. The SMILES string of the molecule is C[C@@H]1Oc2ccc(NC(=O)c3ccc(F)cc3F)cc2CN([C@H]2CCCc3ccccc32)C1=O. The fourth-order valence-electron chi connectivity index (χ4n) is 4.82. The minimum atomic E-state index is -0.933. The van der Waals surface area contributed by atoms with E-state index in [1.807, 2.05) is 17.0 Å². The van der Waals surface area contributed by atoms with Gasteiger partial charge in [-0.25, -0.2) is 8.78 Å². The van der Waals surface area contributed by atoms with Crippen molar-refractivity contribution in [2.45, 2.75) is 44.9 Å². The highest BCUT2D eigenvalue weighted by Crippen LogP contribution is 2.38. The molecule has 34 heavy (non-hydrogen) atoms. The summed E-state index contributed by atoms with van der Waals surface area (Å²) >= 11 is 0. The smallest absolute Gasteiger partial charge is 0.264 e. The van der Waals surface area contributed by atoms with E-state index in [9.17, 15) is 18.4 Å². The molecule has 1 aliphatic heterocycles. The molecule has 0 unspecified atom stereocenters. The summed E-state index contributed by atoms with van der Waals surface area (Å²) in [6.45, 7) is 2.07. The average molecular weight is 462 g/mol. The van der Waals surface area contributed by atoms with Crippen molar-refractivity contribution in [2.75, 3.05) is 5.32 Å². The molecule has 3 aromatic carbocycles. The highest BCUT2D eigenvalue weighted by molar-refractivity contribution is 6.04. The molecule has 2 atom stereocenters. The standard InChI is InChI=1S/C27H24F2N2O3/c1-16-27(33)31(24-8-4-6-17-5-2-3-7-21(17)24)15-18-13-20(10-12-25(18)34-16)30-26(32)22-11-9-19(28)14-23(22)29/h2-3,5,7,9-14,16,24H,4,6,8,15H2,1H3,(H,30,32)/t16-,24-/m0/s1. The molecule has 1 aliphatic carbocycles. The molecule has 0 spiro atoms. The maximum Gasteiger partial charge on any atom is 0.264 e. The molecule has 0 saturated carbocycles. The van der Waals surface area contributed by atoms with E-state index in [1.54, 1.807) is 25.1 Å². The molecule has 7 heteroatoms. The van der Waals surface area contributed by atoms with Gasteiger partial charge in [-0.3, -0.25) is 9.59 Å². The van der Waals surface area contributed by atoms with E-state index in [0.717, 1.165) is 42.5 Å². The summed E-state index contributed by atoms with van der Waals surface area (Å²) in [6, 6.07) is 16.0. The number of carbonyl (C=O) groups excluding carboxylic acids is 2. The Hall–Kier alpha value is -3.74. The van der Waals surface area contributed by atoms with Gasteiger partial charge in [-0.15, -0.1) is 0 Å². The molecule has 3 aromatic rings. The van der Waals surface area contributed by atoms with Gasteiger partial charge < -0.3 is 15.0 Å². The van der Waals surface area contributed by atoms with E-state index >= 15 is 0 Å². The van der Waals surface area contributed by atoms with Crippen LogP contribution in [0.15, 0.2) is 60.7 Å². The Morgan fingerprint density at radius 3 is 2.71 bits per heavy atom. The molecule has 2 aliphatic rings. The average Bonchev–Trinajstić information content (AvgIpc) is 2.94. The van der Waals surface area contributed by atoms with E-state index in [1.165, 1.54) is 5.56 Å². The summed E-state index contributed by atoms with van der Waals surface area (Å²) in [5.41, 5.74) is 3.35. The monoisotopic (exact) mass is 462 g/mol. The van der Waals surface area contributed by atoms with E-state index in [2.05, 4.69) is 17.4 Å². The molecule has 0 saturated heterocycles. The third-order valence-corrected chi connectivity index (χ3v) is 6.48. The second kappa shape index (κ2) is 8.89. The van der Waals surface area contributed by atoms with Crippen LogP contribution in [0.25, 0.3) is 0 Å². The van der Waals surface area contributed by atoms with Crippen molar-refractivity contribution >= 4 is 17.5 Å². The molecular formula is C27H24F2N2O3. The summed E-state index contributed by atoms with van der Waals surface area (Å²) in [7, 11) is 0. The molecule has 0 radical (unpaired) electrons. The first-order valence-corrected chi connectivity index (χ1v) is 11.3. The molecule has 0 fully saturated rings. The van der Waals surface area contributed by atoms with Crippen molar-refractivity contribution in [3.63, 3.8) is 0 Å². The summed E-state index contributed by atoms with van der Waals surface area (Å²) < 4.78 is 33.2. The Bertz CT molecular complexity index is 1280. The van der Waals surface area contributed by atoms with Gasteiger partial charge in [0.15, 0.2) is 6.10 Å². The highest BCUT2D eigenvalue weighted by Gasteiger charge is 2.35. The fraction of sp³-hybridized carbons (Fsp3) is 0.259. The van der Waals surface area contributed by atoms with Gasteiger partial charge >= 0.3 is 0 Å². The van der Waals surface area contributed by atoms with Gasteiger partial charge in [0.25, 0.3) is 11.8 Å². The Morgan fingerprint density at radius 2 is 1.88 bits per heavy atom. The number of benzene rings is 3. The summed E-state index contributed by atoms with van der Waals surface area (Å²) in [6.07, 6.45) is 2.20. The van der Waals surface area contributed by atoms with Crippen molar-refractivity contribution in [3.8, 4) is 5.75 Å². The molecule has 0 bridgehead atoms. The Labute approximate surface area is 196 Å². The molecule has 1 heterocycles. The number of fused-ring (bicyclic) bond motifs is 2. The van der Waals surface area contributed by atoms with Crippen LogP contribution in [-0.2, 0) is 17.8 Å². The molecule has 5 nitrogen and oxygen atoms in total. The zero-order chi connectivity index (χ0) is 23.8. The summed E-state index contributed by atoms with van der Waals surface area (Å²) in [5.74, 6) is -1.89. The molecule has 5 rings (SSSR count). The highest BCUT2D eigenvalue weighted by atomic mass is 19.1. The van der Waals surface area contributed by atoms with E-state index < -0.39 is 23.6 Å². The predicted octanol–water partition coefficient (Wildman–Crippen LogP) is 5.40. The van der Waals surface area contributed by atoms with Crippen LogP contribution in [0.1, 0.15) is 52.9 Å². The molecule has 2 amide bonds. The number of nitrogens with zero attached hydrogens (tertiary/aromatic N) is 1. The zero-order valence-electron chi connectivity index (χ0n) is 18.7. The van der Waals surface area contributed by atoms with Crippen molar-refractivity contribution in [1.82, 2.24) is 4.90 Å². The lowest BCUT2D eigenvalue weighted by Gasteiger charge is -2.35. The van der Waals surface area contributed by atoms with Crippen molar-refractivity contribution < 1.29 is 23.1 Å². The number of nitrogens with one attached hydrogen (secondary N) is 1. The number of ether oxygens (including phenoxy) is 1. The Kier molecular flexibility index (Phi) is 5.77. The van der Waals surface area contributed by atoms with E-state index in [4.69, 9.17) is 4.74 Å². The number of halogens is 2. The van der Waals surface area contributed by atoms with Crippen LogP contribution < -0.4 is 10.1 Å². The molecule has 1 N–H and O–H groups in total. The molecule has 0 aromatic heterocycles. The van der Waals surface area contributed by atoms with E-state index in [0.29, 0.717) is 24.0 Å². The second-order valence-corrected chi connectivity index (χ2v) is 8.73. The van der Waals surface area contributed by atoms with Crippen LogP contribution in [0.4, 0.5) is 14.5 Å². The Balaban J connectivity index is 1.44. The lowest BCUT2D eigenvalue weighted by molar-refractivity contribution is -0.140. The maximum absolute atomic E-state index is 14.0. The maximum atomic E-state index is 14.0. The van der Waals surface area contributed by atoms with Crippen LogP contribution in [0.2, 0.25) is 0 Å². The quantitative estimate of drug-likeness (QED) is 0.567. The summed E-state index contributed by atoms with van der Waals surface area (Å²) in [5, 5.41) is 2.66. The first-order chi connectivity index (χ1) is 16.4. The van der Waals surface area contributed by atoms with Gasteiger partial charge in [-0.05, 0) is 67.6 Å². The first kappa shape index (κ1) is 22.1. The lowest BCUT2D eigenvalue weighted by Crippen LogP contribution is -2.41. The minimum Gasteiger partial charge on any atom is -0.481 e. The van der Waals surface area contributed by atoms with Crippen LogP contribution >= 0.6 is 0 Å². The number of aryl methyl sites for hydroxylation is 1. The van der Waals surface area contributed by atoms with Crippen LogP contribution in [0, 0.1) is 11.6 Å². The van der Waals surface area contributed by atoms with Gasteiger partial charge in [0.05, 0.1) is 18.2 Å². The third-order valence-electron chi connectivity index (χ3n) is 6.48. The molecule has 174 valence electrons. The normalized spacial score (nSPS) is 19.5. The van der Waals surface area contributed by atoms with Gasteiger partial charge in [0, 0.05) is 17.3 Å². The largest absolute Gasteiger partial charge is 0.481 e. The number of amides is 2. The number of hydrogen-bond acceptors (Lipinski definition) is 3. The van der Waals surface area contributed by atoms with Crippen molar-refractivity contribution in [3.05, 3.63) is 94.6 Å². The Morgan fingerprint density at radius 1 is 1.06 bits per heavy atom. The van der Waals surface area contributed by atoms with Crippen molar-refractivity contribution in [2.24, 2.45) is 0 Å². The van der Waals surface area contributed by atoms with Gasteiger partial charge in [-0.2, -0.15) is 0 Å².